The molecule has 0 saturated heterocycles. The van der Waals surface area contributed by atoms with Gasteiger partial charge in [-0.3, -0.25) is 0 Å². The number of ether oxygens (including phenoxy) is 1. The molecule has 0 bridgehead atoms. The monoisotopic (exact) mass is 308 g/mol. The van der Waals surface area contributed by atoms with E-state index in [-0.39, 0.29) is 0 Å². The van der Waals surface area contributed by atoms with Crippen LogP contribution in [0.15, 0.2) is 41.7 Å². The summed E-state index contributed by atoms with van der Waals surface area (Å²) in [5.74, 6) is 7.72. The Labute approximate surface area is 136 Å². The number of nitrogens with zero attached hydrogens (tertiary/aromatic N) is 3. The third-order valence-corrected chi connectivity index (χ3v) is 3.52. The van der Waals surface area contributed by atoms with Gasteiger partial charge in [-0.15, -0.1) is 0 Å². The average Bonchev–Trinajstić information content (AvgIpc) is 2.98. The smallest absolute Gasteiger partial charge is 0.197 e. The normalized spacial score (nSPS) is 16.2. The molecule has 1 N–H and O–H groups in total. The Kier molecular flexibility index (Phi) is 4.45. The van der Waals surface area contributed by atoms with Crippen LogP contribution in [0.5, 0.6) is 0 Å². The molecule has 1 aromatic heterocycles. The van der Waals surface area contributed by atoms with Crippen LogP contribution in [0.4, 0.5) is 5.82 Å². The maximum atomic E-state index is 5.71. The fraction of sp³-hybridized carbons (Fsp3) is 0.333. The molecule has 1 aliphatic heterocycles. The minimum atomic E-state index is -0.406. The third kappa shape index (κ3) is 3.27. The van der Waals surface area contributed by atoms with Crippen LogP contribution >= 0.6 is 0 Å². The predicted octanol–water partition coefficient (Wildman–Crippen LogP) is 3.37. The Bertz CT molecular complexity index is 765. The van der Waals surface area contributed by atoms with Gasteiger partial charge in [-0.1, -0.05) is 24.1 Å². The van der Waals surface area contributed by atoms with Crippen LogP contribution in [0.25, 0.3) is 0 Å². The maximum Gasteiger partial charge on any atom is 0.197 e. The molecule has 118 valence electrons. The van der Waals surface area contributed by atoms with E-state index in [1.54, 1.807) is 0 Å². The SMILES string of the molecule is CCOC1N=C(C#Cc2ccccc2)Nc2c1ncn2C(C)C. The number of anilines is 1. The van der Waals surface area contributed by atoms with Gasteiger partial charge >= 0.3 is 0 Å². The Morgan fingerprint density at radius 3 is 2.74 bits per heavy atom. The second-order valence-electron chi connectivity index (χ2n) is 5.51. The molecule has 0 fully saturated rings. The second-order valence-corrected chi connectivity index (χ2v) is 5.51. The average molecular weight is 308 g/mol. The molecule has 0 amide bonds. The first-order chi connectivity index (χ1) is 11.2. The van der Waals surface area contributed by atoms with Gasteiger partial charge in [0.05, 0.1) is 6.33 Å². The molecule has 1 unspecified atom stereocenters. The molecule has 2 heterocycles. The number of aromatic nitrogens is 2. The summed E-state index contributed by atoms with van der Waals surface area (Å²) in [5.41, 5.74) is 1.76. The lowest BCUT2D eigenvalue weighted by Gasteiger charge is -2.21. The van der Waals surface area contributed by atoms with Crippen molar-refractivity contribution in [1.82, 2.24) is 9.55 Å². The molecule has 3 rings (SSSR count). The van der Waals surface area contributed by atoms with Crippen molar-refractivity contribution in [2.75, 3.05) is 11.9 Å². The van der Waals surface area contributed by atoms with Crippen LogP contribution in [0, 0.1) is 11.8 Å². The minimum absolute atomic E-state index is 0.294. The van der Waals surface area contributed by atoms with Gasteiger partial charge in [-0.25, -0.2) is 9.98 Å². The third-order valence-electron chi connectivity index (χ3n) is 3.52. The van der Waals surface area contributed by atoms with Crippen molar-refractivity contribution in [2.24, 2.45) is 4.99 Å². The number of benzene rings is 1. The number of imidazole rings is 1. The summed E-state index contributed by atoms with van der Waals surface area (Å²) in [4.78, 5) is 8.99. The Morgan fingerprint density at radius 1 is 1.26 bits per heavy atom. The number of rotatable bonds is 3. The summed E-state index contributed by atoms with van der Waals surface area (Å²) in [6.45, 7) is 6.74. The second kappa shape index (κ2) is 6.67. The number of nitrogens with one attached hydrogen (secondary N) is 1. The standard InChI is InChI=1S/C18H20N4O/c1-4-23-18-16-17(22(12-19-16)13(2)3)20-15(21-18)11-10-14-8-6-5-7-9-14/h5-9,12-13,18H,4H2,1-3H3,(H,20,21). The summed E-state index contributed by atoms with van der Waals surface area (Å²) in [7, 11) is 0. The van der Waals surface area contributed by atoms with Gasteiger partial charge in [-0.05, 0) is 38.8 Å². The van der Waals surface area contributed by atoms with Gasteiger partial charge in [0.25, 0.3) is 0 Å². The highest BCUT2D eigenvalue weighted by atomic mass is 16.5. The van der Waals surface area contributed by atoms with Crippen molar-refractivity contribution in [3.63, 3.8) is 0 Å². The van der Waals surface area contributed by atoms with E-state index in [2.05, 4.69) is 45.5 Å². The van der Waals surface area contributed by atoms with Gasteiger partial charge in [0, 0.05) is 18.2 Å². The van der Waals surface area contributed by atoms with Crippen LogP contribution < -0.4 is 5.32 Å². The first kappa shape index (κ1) is 15.3. The number of fused-ring (bicyclic) bond motifs is 1. The molecule has 1 atom stereocenters. The zero-order chi connectivity index (χ0) is 16.2. The Morgan fingerprint density at radius 2 is 2.04 bits per heavy atom. The molecule has 5 heteroatoms. The molecule has 0 saturated carbocycles. The summed E-state index contributed by atoms with van der Waals surface area (Å²) in [5, 5.41) is 3.28. The Hall–Kier alpha value is -2.58. The first-order valence-electron chi connectivity index (χ1n) is 7.79. The van der Waals surface area contributed by atoms with Gasteiger partial charge in [0.15, 0.2) is 12.1 Å². The summed E-state index contributed by atoms with van der Waals surface area (Å²) in [6.07, 6.45) is 1.41. The fourth-order valence-electron chi connectivity index (χ4n) is 2.39. The zero-order valence-corrected chi connectivity index (χ0v) is 13.6. The molecule has 1 aliphatic rings. The topological polar surface area (TPSA) is 51.4 Å². The van der Waals surface area contributed by atoms with E-state index in [9.17, 15) is 0 Å². The van der Waals surface area contributed by atoms with Crippen molar-refractivity contribution in [2.45, 2.75) is 33.0 Å². The van der Waals surface area contributed by atoms with Crippen LogP contribution in [-0.4, -0.2) is 22.0 Å². The number of amidine groups is 1. The highest BCUT2D eigenvalue weighted by molar-refractivity contribution is 6.09. The molecule has 1 aromatic carbocycles. The van der Waals surface area contributed by atoms with Gasteiger partial charge in [0.2, 0.25) is 0 Å². The summed E-state index contributed by atoms with van der Waals surface area (Å²) >= 11 is 0. The summed E-state index contributed by atoms with van der Waals surface area (Å²) < 4.78 is 7.78. The molecule has 0 radical (unpaired) electrons. The van der Waals surface area contributed by atoms with Gasteiger partial charge < -0.3 is 14.6 Å². The molecular weight excluding hydrogens is 288 g/mol. The first-order valence-corrected chi connectivity index (χ1v) is 7.79. The number of hydrogen-bond acceptors (Lipinski definition) is 4. The lowest BCUT2D eigenvalue weighted by atomic mass is 10.2. The lowest BCUT2D eigenvalue weighted by molar-refractivity contribution is 0.0663. The maximum absolute atomic E-state index is 5.71. The van der Waals surface area contributed by atoms with Crippen molar-refractivity contribution >= 4 is 11.7 Å². The van der Waals surface area contributed by atoms with Crippen molar-refractivity contribution < 1.29 is 4.74 Å². The van der Waals surface area contributed by atoms with Gasteiger partial charge in [0.1, 0.15) is 11.5 Å². The molecule has 0 aliphatic carbocycles. The predicted molar refractivity (Wildman–Crippen MR) is 91.4 cm³/mol. The fourth-order valence-corrected chi connectivity index (χ4v) is 2.39. The van der Waals surface area contributed by atoms with Gasteiger partial charge in [-0.2, -0.15) is 0 Å². The quantitative estimate of drug-likeness (QED) is 0.884. The van der Waals surface area contributed by atoms with Crippen molar-refractivity contribution in [3.05, 3.63) is 47.9 Å². The highest BCUT2D eigenvalue weighted by Crippen LogP contribution is 2.31. The van der Waals surface area contributed by atoms with E-state index in [1.807, 2.05) is 43.6 Å². The summed E-state index contributed by atoms with van der Waals surface area (Å²) in [6, 6.07) is 10.1. The zero-order valence-electron chi connectivity index (χ0n) is 13.6. The van der Waals surface area contributed by atoms with Crippen LogP contribution in [0.1, 0.15) is 44.3 Å². The van der Waals surface area contributed by atoms with E-state index in [0.717, 1.165) is 17.1 Å². The van der Waals surface area contributed by atoms with Crippen LogP contribution in [0.2, 0.25) is 0 Å². The number of aliphatic imine (C=N–C) groups is 1. The molecule has 0 spiro atoms. The van der Waals surface area contributed by atoms with E-state index >= 15 is 0 Å². The molecule has 23 heavy (non-hydrogen) atoms. The lowest BCUT2D eigenvalue weighted by Crippen LogP contribution is -2.23. The molecule has 2 aromatic rings. The van der Waals surface area contributed by atoms with Crippen LogP contribution in [0.3, 0.4) is 0 Å². The number of hydrogen-bond donors (Lipinski definition) is 1. The largest absolute Gasteiger partial charge is 0.351 e. The van der Waals surface area contributed by atoms with E-state index < -0.39 is 6.23 Å². The highest BCUT2D eigenvalue weighted by Gasteiger charge is 2.26. The van der Waals surface area contributed by atoms with E-state index in [0.29, 0.717) is 18.5 Å². The van der Waals surface area contributed by atoms with Crippen molar-refractivity contribution in [3.8, 4) is 11.8 Å². The molecule has 5 nitrogen and oxygen atoms in total. The van der Waals surface area contributed by atoms with Crippen LogP contribution in [-0.2, 0) is 4.74 Å². The van der Waals surface area contributed by atoms with Crippen molar-refractivity contribution in [1.29, 1.82) is 0 Å². The van der Waals surface area contributed by atoms with E-state index in [1.165, 1.54) is 0 Å². The molecular formula is C18H20N4O. The minimum Gasteiger partial charge on any atom is -0.351 e. The Balaban J connectivity index is 1.93. The van der Waals surface area contributed by atoms with E-state index in [4.69, 9.17) is 4.74 Å².